The van der Waals surface area contributed by atoms with Crippen molar-refractivity contribution >= 4 is 11.9 Å². The van der Waals surface area contributed by atoms with Crippen LogP contribution in [0.1, 0.15) is 30.9 Å². The number of carbonyl (C=O) groups is 2. The van der Waals surface area contributed by atoms with Crippen LogP contribution in [0.2, 0.25) is 0 Å². The Balaban J connectivity index is 1.99. The number of methoxy groups -OCH3 is 1. The van der Waals surface area contributed by atoms with Crippen molar-refractivity contribution in [3.63, 3.8) is 0 Å². The second-order valence-corrected chi connectivity index (χ2v) is 4.96. The Hall–Kier alpha value is -1.82. The van der Waals surface area contributed by atoms with Crippen LogP contribution in [0.15, 0.2) is 16.5 Å². The van der Waals surface area contributed by atoms with E-state index in [2.05, 4.69) is 5.32 Å². The van der Waals surface area contributed by atoms with E-state index in [0.717, 1.165) is 12.2 Å². The Morgan fingerprint density at radius 3 is 2.75 bits per heavy atom. The first kappa shape index (κ1) is 14.6. The molecular formula is C14H19NO5. The van der Waals surface area contributed by atoms with Crippen LogP contribution in [-0.2, 0) is 20.7 Å². The van der Waals surface area contributed by atoms with Crippen LogP contribution in [0.3, 0.4) is 0 Å². The lowest BCUT2D eigenvalue weighted by molar-refractivity contribution is -0.140. The maximum Gasteiger partial charge on any atom is 0.307 e. The predicted octanol–water partition coefficient (Wildman–Crippen LogP) is 1.37. The number of nitrogens with one attached hydrogen (secondary N) is 1. The van der Waals surface area contributed by atoms with Crippen molar-refractivity contribution in [1.29, 1.82) is 0 Å². The van der Waals surface area contributed by atoms with Gasteiger partial charge >= 0.3 is 5.97 Å². The first-order chi connectivity index (χ1) is 9.56. The summed E-state index contributed by atoms with van der Waals surface area (Å²) in [4.78, 5) is 22.8. The molecule has 1 aliphatic rings. The summed E-state index contributed by atoms with van der Waals surface area (Å²) in [6, 6.07) is 3.29. The summed E-state index contributed by atoms with van der Waals surface area (Å²) in [5.41, 5.74) is 0. The fraction of sp³-hybridized carbons (Fsp3) is 0.571. The monoisotopic (exact) mass is 281 g/mol. The van der Waals surface area contributed by atoms with Crippen LogP contribution in [-0.4, -0.2) is 30.7 Å². The average molecular weight is 281 g/mol. The molecule has 20 heavy (non-hydrogen) atoms. The Bertz CT molecular complexity index is 496. The quantitative estimate of drug-likeness (QED) is 0.788. The summed E-state index contributed by atoms with van der Waals surface area (Å²) in [6.07, 6.45) is 1.18. The number of carboxylic acids is 1. The third-order valence-electron chi connectivity index (χ3n) is 3.47. The van der Waals surface area contributed by atoms with E-state index in [1.807, 2.05) is 19.1 Å². The Morgan fingerprint density at radius 2 is 2.25 bits per heavy atom. The topological polar surface area (TPSA) is 88.8 Å². The van der Waals surface area contributed by atoms with E-state index >= 15 is 0 Å². The summed E-state index contributed by atoms with van der Waals surface area (Å²) in [6.45, 7) is 2.26. The highest BCUT2D eigenvalue weighted by Gasteiger charge is 2.48. The lowest BCUT2D eigenvalue weighted by Crippen LogP contribution is -2.33. The van der Waals surface area contributed by atoms with Gasteiger partial charge in [-0.3, -0.25) is 9.59 Å². The number of aliphatic carboxylic acids is 1. The maximum atomic E-state index is 12.0. The molecule has 0 spiro atoms. The molecule has 110 valence electrons. The minimum absolute atomic E-state index is 0.256. The van der Waals surface area contributed by atoms with Gasteiger partial charge in [0.1, 0.15) is 17.6 Å². The smallest absolute Gasteiger partial charge is 0.307 e. The third kappa shape index (κ3) is 3.19. The van der Waals surface area contributed by atoms with E-state index in [-0.39, 0.29) is 18.6 Å². The Morgan fingerprint density at radius 1 is 1.50 bits per heavy atom. The molecule has 6 heteroatoms. The van der Waals surface area contributed by atoms with Crippen molar-refractivity contribution in [2.75, 3.05) is 13.7 Å². The number of ether oxygens (including phenoxy) is 1. The SMILES string of the molecule is CCc1ccc([C@H](COC)NC(=O)[C@@H]2C[C@H]2C(=O)O)o1. The number of hydrogen-bond donors (Lipinski definition) is 2. The van der Waals surface area contributed by atoms with Crippen LogP contribution in [0, 0.1) is 11.8 Å². The van der Waals surface area contributed by atoms with Crippen LogP contribution in [0.25, 0.3) is 0 Å². The van der Waals surface area contributed by atoms with Gasteiger partial charge in [0.2, 0.25) is 5.91 Å². The van der Waals surface area contributed by atoms with E-state index in [0.29, 0.717) is 12.2 Å². The van der Waals surface area contributed by atoms with Crippen LogP contribution in [0.5, 0.6) is 0 Å². The molecular weight excluding hydrogens is 262 g/mol. The van der Waals surface area contributed by atoms with Gasteiger partial charge in [-0.1, -0.05) is 6.92 Å². The number of amides is 1. The van der Waals surface area contributed by atoms with Crippen molar-refractivity contribution in [2.45, 2.75) is 25.8 Å². The second kappa shape index (κ2) is 6.09. The summed E-state index contributed by atoms with van der Waals surface area (Å²) in [5, 5.41) is 11.6. The van der Waals surface area contributed by atoms with E-state index in [1.54, 1.807) is 7.11 Å². The molecule has 1 aliphatic carbocycles. The third-order valence-corrected chi connectivity index (χ3v) is 3.47. The average Bonchev–Trinajstić information content (AvgIpc) is 3.09. The predicted molar refractivity (Wildman–Crippen MR) is 70.1 cm³/mol. The van der Waals surface area contributed by atoms with Gasteiger partial charge < -0.3 is 19.6 Å². The van der Waals surface area contributed by atoms with Crippen LogP contribution < -0.4 is 5.32 Å². The number of carboxylic acid groups (broad SMARTS) is 1. The maximum absolute atomic E-state index is 12.0. The Labute approximate surface area is 117 Å². The zero-order valence-electron chi connectivity index (χ0n) is 11.6. The van der Waals surface area contributed by atoms with Gasteiger partial charge in [0.15, 0.2) is 0 Å². The summed E-state index contributed by atoms with van der Waals surface area (Å²) in [7, 11) is 1.54. The zero-order valence-corrected chi connectivity index (χ0v) is 11.6. The molecule has 3 atom stereocenters. The molecule has 1 saturated carbocycles. The minimum Gasteiger partial charge on any atom is -0.481 e. The molecule has 1 amide bonds. The molecule has 0 radical (unpaired) electrons. The molecule has 6 nitrogen and oxygen atoms in total. The molecule has 0 saturated heterocycles. The molecule has 1 fully saturated rings. The molecule has 1 heterocycles. The fourth-order valence-corrected chi connectivity index (χ4v) is 2.17. The van der Waals surface area contributed by atoms with Gasteiger partial charge in [-0.2, -0.15) is 0 Å². The Kier molecular flexibility index (Phi) is 4.44. The van der Waals surface area contributed by atoms with Gasteiger partial charge in [0, 0.05) is 13.5 Å². The second-order valence-electron chi connectivity index (χ2n) is 4.96. The van der Waals surface area contributed by atoms with Crippen molar-refractivity contribution in [3.05, 3.63) is 23.7 Å². The largest absolute Gasteiger partial charge is 0.481 e. The summed E-state index contributed by atoms with van der Waals surface area (Å²) < 4.78 is 10.7. The van der Waals surface area contributed by atoms with Gasteiger partial charge in [0.25, 0.3) is 0 Å². The molecule has 1 aromatic heterocycles. The lowest BCUT2D eigenvalue weighted by atomic mass is 10.2. The normalized spacial score (nSPS) is 22.3. The van der Waals surface area contributed by atoms with Crippen molar-refractivity contribution in [2.24, 2.45) is 11.8 Å². The summed E-state index contributed by atoms with van der Waals surface area (Å²) >= 11 is 0. The molecule has 0 unspecified atom stereocenters. The standard InChI is InChI=1S/C14H19NO5/c1-3-8-4-5-12(20-8)11(7-19-2)15-13(16)9-6-10(9)14(17)18/h4-5,9-11H,3,6-7H2,1-2H3,(H,15,16)(H,17,18)/t9-,10-,11+/m1/s1. The number of carbonyl (C=O) groups excluding carboxylic acids is 1. The number of rotatable bonds is 7. The molecule has 0 bridgehead atoms. The first-order valence-corrected chi connectivity index (χ1v) is 6.67. The van der Waals surface area contributed by atoms with Crippen molar-refractivity contribution in [3.8, 4) is 0 Å². The molecule has 0 aliphatic heterocycles. The van der Waals surface area contributed by atoms with Crippen LogP contribution >= 0.6 is 0 Å². The van der Waals surface area contributed by atoms with Crippen molar-refractivity contribution < 1.29 is 23.8 Å². The highest BCUT2D eigenvalue weighted by Crippen LogP contribution is 2.39. The van der Waals surface area contributed by atoms with Gasteiger partial charge in [-0.25, -0.2) is 0 Å². The molecule has 2 N–H and O–H groups in total. The first-order valence-electron chi connectivity index (χ1n) is 6.67. The van der Waals surface area contributed by atoms with E-state index in [9.17, 15) is 9.59 Å². The van der Waals surface area contributed by atoms with Crippen LogP contribution in [0.4, 0.5) is 0 Å². The number of aryl methyl sites for hydroxylation is 1. The fourth-order valence-electron chi connectivity index (χ4n) is 2.17. The number of hydrogen-bond acceptors (Lipinski definition) is 4. The molecule has 0 aromatic carbocycles. The van der Waals surface area contributed by atoms with E-state index < -0.39 is 17.8 Å². The zero-order chi connectivity index (χ0) is 14.7. The lowest BCUT2D eigenvalue weighted by Gasteiger charge is -2.15. The highest BCUT2D eigenvalue weighted by atomic mass is 16.5. The number of furan rings is 1. The van der Waals surface area contributed by atoms with Gasteiger partial charge in [-0.05, 0) is 18.6 Å². The summed E-state index contributed by atoms with van der Waals surface area (Å²) in [5.74, 6) is -0.697. The van der Waals surface area contributed by atoms with Crippen molar-refractivity contribution in [1.82, 2.24) is 5.32 Å². The van der Waals surface area contributed by atoms with Gasteiger partial charge in [0.05, 0.1) is 18.4 Å². The molecule has 2 rings (SSSR count). The minimum atomic E-state index is -0.917. The highest BCUT2D eigenvalue weighted by molar-refractivity contribution is 5.89. The van der Waals surface area contributed by atoms with E-state index in [1.165, 1.54) is 0 Å². The van der Waals surface area contributed by atoms with E-state index in [4.69, 9.17) is 14.3 Å². The molecule has 1 aromatic rings. The van der Waals surface area contributed by atoms with Gasteiger partial charge in [-0.15, -0.1) is 0 Å².